The third kappa shape index (κ3) is 6.14. The highest BCUT2D eigenvalue weighted by Crippen LogP contribution is 2.42. The number of hydrogen-bond donors (Lipinski definition) is 2. The Morgan fingerprint density at radius 3 is 2.06 bits per heavy atom. The Bertz CT molecular complexity index is 881. The van der Waals surface area contributed by atoms with E-state index in [-0.39, 0.29) is 12.1 Å². The Labute approximate surface area is 223 Å². The molecule has 3 fully saturated rings. The minimum absolute atomic E-state index is 0.0464. The number of piperidine rings is 2. The molecule has 0 aliphatic carbocycles. The van der Waals surface area contributed by atoms with Gasteiger partial charge in [-0.15, -0.1) is 0 Å². The zero-order valence-corrected chi connectivity index (χ0v) is 23.5. The normalized spacial score (nSPS) is 25.8. The molecular formula is C28H46N6OS. The molecule has 36 heavy (non-hydrogen) atoms. The van der Waals surface area contributed by atoms with E-state index in [9.17, 15) is 4.79 Å². The van der Waals surface area contributed by atoms with Gasteiger partial charge in [0.15, 0.2) is 5.11 Å². The van der Waals surface area contributed by atoms with Crippen LogP contribution in [-0.4, -0.2) is 97.7 Å². The van der Waals surface area contributed by atoms with E-state index in [1.54, 1.807) is 7.05 Å². The molecule has 2 atom stereocenters. The molecule has 2 amide bonds. The number of thiocarbonyl (C=S) groups is 1. The molecule has 0 bridgehead atoms. The number of fused-ring (bicyclic) bond motifs is 1. The van der Waals surface area contributed by atoms with Gasteiger partial charge in [-0.1, -0.05) is 24.3 Å². The van der Waals surface area contributed by atoms with Gasteiger partial charge in [-0.05, 0) is 114 Å². The first-order valence-corrected chi connectivity index (χ1v) is 14.2. The second-order valence-corrected chi connectivity index (χ2v) is 11.5. The summed E-state index contributed by atoms with van der Waals surface area (Å²) in [5.41, 5.74) is 2.66. The van der Waals surface area contributed by atoms with E-state index in [2.05, 4.69) is 63.7 Å². The van der Waals surface area contributed by atoms with Crippen molar-refractivity contribution in [3.63, 3.8) is 0 Å². The fourth-order valence-corrected chi connectivity index (χ4v) is 6.93. The van der Waals surface area contributed by atoms with Crippen LogP contribution in [0.15, 0.2) is 24.3 Å². The van der Waals surface area contributed by atoms with Crippen LogP contribution in [0.5, 0.6) is 0 Å². The Balaban J connectivity index is 0.000000174. The van der Waals surface area contributed by atoms with Crippen molar-refractivity contribution < 1.29 is 4.79 Å². The van der Waals surface area contributed by atoms with Gasteiger partial charge in [0, 0.05) is 33.2 Å². The Hall–Kier alpha value is -1.90. The van der Waals surface area contributed by atoms with Crippen molar-refractivity contribution in [3.05, 3.63) is 35.4 Å². The predicted octanol–water partition coefficient (Wildman–Crippen LogP) is 3.52. The van der Waals surface area contributed by atoms with Crippen molar-refractivity contribution in [3.8, 4) is 0 Å². The van der Waals surface area contributed by atoms with Crippen LogP contribution in [0.25, 0.3) is 0 Å². The predicted molar refractivity (Wildman–Crippen MR) is 151 cm³/mol. The van der Waals surface area contributed by atoms with Crippen molar-refractivity contribution in [2.24, 2.45) is 11.8 Å². The Morgan fingerprint density at radius 1 is 0.833 bits per heavy atom. The number of benzene rings is 1. The summed E-state index contributed by atoms with van der Waals surface area (Å²) in [5.74, 6) is 1.43. The number of rotatable bonds is 2. The molecule has 200 valence electrons. The number of nitrogens with zero attached hydrogens (tertiary/aromatic N) is 4. The summed E-state index contributed by atoms with van der Waals surface area (Å²) in [7, 11) is 8.06. The average molecular weight is 515 g/mol. The van der Waals surface area contributed by atoms with Crippen molar-refractivity contribution in [2.45, 2.75) is 57.2 Å². The molecule has 4 aliphatic rings. The molecular weight excluding hydrogens is 468 g/mol. The van der Waals surface area contributed by atoms with Crippen LogP contribution in [0.3, 0.4) is 0 Å². The second kappa shape index (κ2) is 12.6. The largest absolute Gasteiger partial charge is 0.366 e. The Kier molecular flexibility index (Phi) is 9.47. The van der Waals surface area contributed by atoms with E-state index in [4.69, 9.17) is 12.2 Å². The maximum atomic E-state index is 12.2. The molecule has 0 saturated carbocycles. The van der Waals surface area contributed by atoms with Gasteiger partial charge in [0.2, 0.25) is 0 Å². The lowest BCUT2D eigenvalue weighted by Crippen LogP contribution is -2.46. The quantitative estimate of drug-likeness (QED) is 0.589. The van der Waals surface area contributed by atoms with E-state index in [1.165, 1.54) is 62.7 Å². The number of nitrogens with one attached hydrogen (secondary N) is 2. The molecule has 0 unspecified atom stereocenters. The van der Waals surface area contributed by atoms with Crippen molar-refractivity contribution in [1.82, 2.24) is 30.2 Å². The summed E-state index contributed by atoms with van der Waals surface area (Å²) in [4.78, 5) is 21.5. The number of amides is 2. The van der Waals surface area contributed by atoms with Gasteiger partial charge in [0.1, 0.15) is 0 Å². The maximum absolute atomic E-state index is 12.2. The molecule has 8 heteroatoms. The molecule has 1 aromatic rings. The lowest BCUT2D eigenvalue weighted by atomic mass is 9.85. The van der Waals surface area contributed by atoms with Crippen LogP contribution < -0.4 is 10.6 Å². The first-order valence-electron chi connectivity index (χ1n) is 13.8. The van der Waals surface area contributed by atoms with Gasteiger partial charge in [-0.3, -0.25) is 0 Å². The first kappa shape index (κ1) is 27.1. The zero-order chi connectivity index (χ0) is 25.7. The van der Waals surface area contributed by atoms with Gasteiger partial charge in [0.05, 0.1) is 6.04 Å². The standard InChI is InChI=1S/C16H23N3O.C12H23N3S/c1-17-16(20)19-11-13-5-3-4-6-14(13)15(19)12-7-9-18(2)10-8-12;1-13-12(16)15-7-3-4-11(15)10-5-8-14(2)9-6-10/h3-6,12,15H,7-11H2,1-2H3,(H,17,20);10-11H,3-9H2,1-2H3,(H,13,16)/t15-;11-/m10/s1. The van der Waals surface area contributed by atoms with Gasteiger partial charge in [-0.25, -0.2) is 4.79 Å². The minimum Gasteiger partial charge on any atom is -0.366 e. The molecule has 7 nitrogen and oxygen atoms in total. The lowest BCUT2D eigenvalue weighted by molar-refractivity contribution is 0.119. The summed E-state index contributed by atoms with van der Waals surface area (Å²) in [6.07, 6.45) is 7.65. The zero-order valence-electron chi connectivity index (χ0n) is 22.7. The second-order valence-electron chi connectivity index (χ2n) is 11.1. The molecule has 0 radical (unpaired) electrons. The average Bonchev–Trinajstić information content (AvgIpc) is 3.55. The van der Waals surface area contributed by atoms with Crippen molar-refractivity contribution >= 4 is 23.4 Å². The SMILES string of the molecule is CNC(=O)N1Cc2ccccc2[C@H]1C1CCN(C)CC1.CNC(=S)N1CCC[C@H]1C1CCN(C)CC1. The topological polar surface area (TPSA) is 54.1 Å². The van der Waals surface area contributed by atoms with Gasteiger partial charge in [0.25, 0.3) is 0 Å². The van der Waals surface area contributed by atoms with E-state index >= 15 is 0 Å². The van der Waals surface area contributed by atoms with Gasteiger partial charge < -0.3 is 30.2 Å². The summed E-state index contributed by atoms with van der Waals surface area (Å²) in [6, 6.07) is 9.51. The maximum Gasteiger partial charge on any atom is 0.317 e. The number of hydrogen-bond acceptors (Lipinski definition) is 4. The molecule has 2 N–H and O–H groups in total. The molecule has 0 spiro atoms. The van der Waals surface area contributed by atoms with Crippen molar-refractivity contribution in [2.75, 3.05) is 60.9 Å². The molecule has 4 heterocycles. The number of carbonyl (C=O) groups is 1. The molecule has 3 saturated heterocycles. The van der Waals surface area contributed by atoms with Crippen LogP contribution in [0, 0.1) is 11.8 Å². The highest BCUT2D eigenvalue weighted by Gasteiger charge is 2.39. The number of carbonyl (C=O) groups excluding carboxylic acids is 1. The van der Waals surface area contributed by atoms with E-state index in [0.717, 1.165) is 37.2 Å². The van der Waals surface area contributed by atoms with E-state index in [1.807, 2.05) is 11.9 Å². The van der Waals surface area contributed by atoms with Crippen LogP contribution in [0.1, 0.15) is 55.7 Å². The van der Waals surface area contributed by atoms with E-state index in [0.29, 0.717) is 12.0 Å². The summed E-state index contributed by atoms with van der Waals surface area (Å²) < 4.78 is 0. The smallest absolute Gasteiger partial charge is 0.317 e. The highest BCUT2D eigenvalue weighted by molar-refractivity contribution is 7.80. The fourth-order valence-electron chi connectivity index (χ4n) is 6.70. The lowest BCUT2D eigenvalue weighted by Gasteiger charge is -2.37. The van der Waals surface area contributed by atoms with Crippen LogP contribution >= 0.6 is 12.2 Å². The molecule has 4 aliphatic heterocycles. The third-order valence-corrected chi connectivity index (χ3v) is 9.25. The van der Waals surface area contributed by atoms with Crippen LogP contribution in [0.2, 0.25) is 0 Å². The fraction of sp³-hybridized carbons (Fsp3) is 0.714. The van der Waals surface area contributed by atoms with Crippen LogP contribution in [0.4, 0.5) is 4.79 Å². The number of likely N-dealkylation sites (tertiary alicyclic amines) is 3. The van der Waals surface area contributed by atoms with Gasteiger partial charge in [-0.2, -0.15) is 0 Å². The van der Waals surface area contributed by atoms with Gasteiger partial charge >= 0.3 is 6.03 Å². The number of urea groups is 1. The first-order chi connectivity index (χ1) is 17.4. The molecule has 1 aromatic carbocycles. The molecule has 0 aromatic heterocycles. The van der Waals surface area contributed by atoms with E-state index < -0.39 is 0 Å². The molecule has 5 rings (SSSR count). The van der Waals surface area contributed by atoms with Crippen LogP contribution in [-0.2, 0) is 6.54 Å². The third-order valence-electron chi connectivity index (χ3n) is 8.82. The summed E-state index contributed by atoms with van der Waals surface area (Å²) in [5, 5.41) is 6.87. The van der Waals surface area contributed by atoms with Crippen molar-refractivity contribution in [1.29, 1.82) is 0 Å². The summed E-state index contributed by atoms with van der Waals surface area (Å²) >= 11 is 5.39. The summed E-state index contributed by atoms with van der Waals surface area (Å²) in [6.45, 7) is 6.65. The highest BCUT2D eigenvalue weighted by atomic mass is 32.1. The monoisotopic (exact) mass is 514 g/mol. The Morgan fingerprint density at radius 2 is 1.44 bits per heavy atom. The minimum atomic E-state index is 0.0464.